The third kappa shape index (κ3) is 3.56. The van der Waals surface area contributed by atoms with E-state index in [4.69, 9.17) is 4.74 Å². The number of piperidine rings is 1. The van der Waals surface area contributed by atoms with Crippen molar-refractivity contribution in [3.63, 3.8) is 0 Å². The maximum absolute atomic E-state index is 12.1. The second-order valence-corrected chi connectivity index (χ2v) is 6.46. The summed E-state index contributed by atoms with van der Waals surface area (Å²) in [4.78, 5) is 14.0. The number of likely N-dealkylation sites (tertiary alicyclic amines) is 1. The van der Waals surface area contributed by atoms with Crippen molar-refractivity contribution in [3.05, 3.63) is 29.8 Å². The Hall–Kier alpha value is -1.55. The maximum atomic E-state index is 12.1. The Morgan fingerprint density at radius 2 is 2.10 bits per heavy atom. The summed E-state index contributed by atoms with van der Waals surface area (Å²) in [6.45, 7) is 3.43. The summed E-state index contributed by atoms with van der Waals surface area (Å²) in [6, 6.07) is 7.80. The van der Waals surface area contributed by atoms with Gasteiger partial charge in [0.25, 0.3) is 0 Å². The largest absolute Gasteiger partial charge is 0.491 e. The molecule has 21 heavy (non-hydrogen) atoms. The number of amides is 1. The van der Waals surface area contributed by atoms with Crippen molar-refractivity contribution in [1.82, 2.24) is 4.90 Å². The number of carbonyl (C=O) groups is 1. The van der Waals surface area contributed by atoms with Gasteiger partial charge in [0.2, 0.25) is 5.91 Å². The lowest BCUT2D eigenvalue weighted by molar-refractivity contribution is -0.141. The Morgan fingerprint density at radius 3 is 2.76 bits per heavy atom. The van der Waals surface area contributed by atoms with Crippen molar-refractivity contribution in [2.45, 2.75) is 38.2 Å². The highest BCUT2D eigenvalue weighted by molar-refractivity contribution is 5.81. The molecule has 4 nitrogen and oxygen atoms in total. The Bertz CT molecular complexity index is 509. The molecule has 1 amide bonds. The topological polar surface area (TPSA) is 49.8 Å². The van der Waals surface area contributed by atoms with Crippen LogP contribution in [0, 0.1) is 12.8 Å². The Labute approximate surface area is 125 Å². The van der Waals surface area contributed by atoms with Gasteiger partial charge >= 0.3 is 0 Å². The van der Waals surface area contributed by atoms with Gasteiger partial charge in [-0.1, -0.05) is 17.7 Å². The van der Waals surface area contributed by atoms with E-state index in [2.05, 4.69) is 0 Å². The van der Waals surface area contributed by atoms with Crippen LogP contribution in [0.2, 0.25) is 0 Å². The number of hydrogen-bond acceptors (Lipinski definition) is 3. The predicted octanol–water partition coefficient (Wildman–Crippen LogP) is 2.14. The van der Waals surface area contributed by atoms with E-state index in [1.165, 1.54) is 5.56 Å². The molecule has 1 heterocycles. The molecule has 0 unspecified atom stereocenters. The van der Waals surface area contributed by atoms with Crippen molar-refractivity contribution in [2.75, 3.05) is 19.7 Å². The first kappa shape index (κ1) is 14.4. The van der Waals surface area contributed by atoms with Gasteiger partial charge in [0, 0.05) is 12.5 Å². The summed E-state index contributed by atoms with van der Waals surface area (Å²) < 4.78 is 5.72. The fourth-order valence-electron chi connectivity index (χ4n) is 2.86. The van der Waals surface area contributed by atoms with E-state index >= 15 is 0 Å². The number of benzene rings is 1. The molecule has 2 fully saturated rings. The fourth-order valence-corrected chi connectivity index (χ4v) is 2.86. The number of aliphatic hydroxyl groups is 1. The Morgan fingerprint density at radius 1 is 1.38 bits per heavy atom. The number of nitrogens with zero attached hydrogens (tertiary/aromatic N) is 1. The Balaban J connectivity index is 1.57. The predicted molar refractivity (Wildman–Crippen MR) is 80.2 cm³/mol. The second-order valence-electron chi connectivity index (χ2n) is 6.46. The fraction of sp³-hybridized carbons (Fsp3) is 0.588. The van der Waals surface area contributed by atoms with Crippen molar-refractivity contribution < 1.29 is 14.6 Å². The molecule has 1 aliphatic heterocycles. The first-order valence-electron chi connectivity index (χ1n) is 7.76. The third-order valence-electron chi connectivity index (χ3n) is 4.32. The van der Waals surface area contributed by atoms with Gasteiger partial charge in [-0.3, -0.25) is 4.79 Å². The van der Waals surface area contributed by atoms with Crippen LogP contribution in [0.4, 0.5) is 0 Å². The van der Waals surface area contributed by atoms with Gasteiger partial charge in [-0.25, -0.2) is 0 Å². The summed E-state index contributed by atoms with van der Waals surface area (Å²) in [5.74, 6) is 1.19. The van der Waals surface area contributed by atoms with Crippen LogP contribution in [-0.2, 0) is 4.79 Å². The summed E-state index contributed by atoms with van der Waals surface area (Å²) in [7, 11) is 0. The van der Waals surface area contributed by atoms with Gasteiger partial charge in [-0.05, 0) is 44.7 Å². The highest BCUT2D eigenvalue weighted by Gasteiger charge is 2.40. The van der Waals surface area contributed by atoms with E-state index in [0.717, 1.165) is 31.6 Å². The van der Waals surface area contributed by atoms with Crippen LogP contribution in [-0.4, -0.2) is 41.2 Å². The number of hydrogen-bond donors (Lipinski definition) is 1. The monoisotopic (exact) mass is 289 g/mol. The number of aryl methyl sites for hydroxylation is 1. The molecule has 1 aromatic rings. The summed E-state index contributed by atoms with van der Waals surface area (Å²) in [6.07, 6.45) is 3.54. The quantitative estimate of drug-likeness (QED) is 0.924. The highest BCUT2D eigenvalue weighted by Crippen LogP contribution is 2.33. The van der Waals surface area contributed by atoms with Gasteiger partial charge in [-0.2, -0.15) is 0 Å². The first-order valence-corrected chi connectivity index (χ1v) is 7.76. The lowest BCUT2D eigenvalue weighted by Crippen LogP contribution is -2.53. The van der Waals surface area contributed by atoms with Crippen LogP contribution in [0.15, 0.2) is 24.3 Å². The number of ether oxygens (including phenoxy) is 1. The molecule has 1 atom stereocenters. The van der Waals surface area contributed by atoms with Crippen molar-refractivity contribution in [1.29, 1.82) is 0 Å². The molecule has 3 rings (SSSR count). The summed E-state index contributed by atoms with van der Waals surface area (Å²) in [5, 5.41) is 10.7. The number of rotatable bonds is 4. The molecular formula is C17H23NO3. The van der Waals surface area contributed by atoms with E-state index in [1.54, 1.807) is 0 Å². The number of carbonyl (C=O) groups excluding carboxylic acids is 1. The van der Waals surface area contributed by atoms with Crippen molar-refractivity contribution in [3.8, 4) is 5.75 Å². The minimum Gasteiger partial charge on any atom is -0.491 e. The van der Waals surface area contributed by atoms with Crippen LogP contribution in [0.3, 0.4) is 0 Å². The molecule has 1 aliphatic carbocycles. The minimum absolute atomic E-state index is 0.212. The number of β-amino-alcohol motifs (C(OH)–C–C–N with tert-alkyl or cyclic N) is 1. The molecule has 1 N–H and O–H groups in total. The zero-order valence-corrected chi connectivity index (χ0v) is 12.5. The SMILES string of the molecule is Cc1ccc(OC[C@]2(O)CCCN(C(=O)C3CC3)C2)cc1. The normalized spacial score (nSPS) is 25.7. The average molecular weight is 289 g/mol. The molecule has 0 bridgehead atoms. The van der Waals surface area contributed by atoms with Crippen LogP contribution < -0.4 is 4.74 Å². The standard InChI is InChI=1S/C17H23NO3/c1-13-3-7-15(8-4-13)21-12-17(20)9-2-10-18(11-17)16(19)14-5-6-14/h3-4,7-8,14,20H,2,5-6,9-12H2,1H3/t17-/m0/s1. The van der Waals surface area contributed by atoms with Gasteiger partial charge in [0.1, 0.15) is 18.0 Å². The molecule has 4 heteroatoms. The third-order valence-corrected chi connectivity index (χ3v) is 4.32. The summed E-state index contributed by atoms with van der Waals surface area (Å²) >= 11 is 0. The van der Waals surface area contributed by atoms with Gasteiger partial charge < -0.3 is 14.7 Å². The second kappa shape index (κ2) is 5.68. The molecule has 1 saturated carbocycles. The molecule has 2 aliphatic rings. The van der Waals surface area contributed by atoms with E-state index in [9.17, 15) is 9.90 Å². The highest BCUT2D eigenvalue weighted by atomic mass is 16.5. The van der Waals surface area contributed by atoms with Crippen LogP contribution in [0.5, 0.6) is 5.75 Å². The van der Waals surface area contributed by atoms with E-state index in [1.807, 2.05) is 36.1 Å². The molecule has 0 radical (unpaired) electrons. The zero-order chi connectivity index (χ0) is 14.9. The van der Waals surface area contributed by atoms with E-state index in [0.29, 0.717) is 13.0 Å². The van der Waals surface area contributed by atoms with Crippen LogP contribution >= 0.6 is 0 Å². The molecule has 1 saturated heterocycles. The maximum Gasteiger partial charge on any atom is 0.225 e. The van der Waals surface area contributed by atoms with Gasteiger partial charge in [-0.15, -0.1) is 0 Å². The molecule has 0 aromatic heterocycles. The zero-order valence-electron chi connectivity index (χ0n) is 12.5. The molecule has 114 valence electrons. The molecule has 1 aromatic carbocycles. The van der Waals surface area contributed by atoms with Gasteiger partial charge in [0.05, 0.1) is 6.54 Å². The lowest BCUT2D eigenvalue weighted by Gasteiger charge is -2.39. The average Bonchev–Trinajstić information content (AvgIpc) is 3.31. The lowest BCUT2D eigenvalue weighted by atomic mass is 9.93. The van der Waals surface area contributed by atoms with Crippen molar-refractivity contribution in [2.24, 2.45) is 5.92 Å². The van der Waals surface area contributed by atoms with E-state index < -0.39 is 5.60 Å². The summed E-state index contributed by atoms with van der Waals surface area (Å²) in [5.41, 5.74) is 0.258. The Kier molecular flexibility index (Phi) is 3.89. The van der Waals surface area contributed by atoms with Crippen molar-refractivity contribution >= 4 is 5.91 Å². The van der Waals surface area contributed by atoms with E-state index in [-0.39, 0.29) is 18.4 Å². The van der Waals surface area contributed by atoms with Gasteiger partial charge in [0.15, 0.2) is 0 Å². The molecule has 0 spiro atoms. The van der Waals surface area contributed by atoms with Crippen LogP contribution in [0.1, 0.15) is 31.2 Å². The first-order chi connectivity index (χ1) is 10.1. The van der Waals surface area contributed by atoms with Crippen LogP contribution in [0.25, 0.3) is 0 Å². The molecular weight excluding hydrogens is 266 g/mol. The minimum atomic E-state index is -0.923. The smallest absolute Gasteiger partial charge is 0.225 e.